The van der Waals surface area contributed by atoms with E-state index in [0.717, 1.165) is 11.1 Å². The Labute approximate surface area is 123 Å². The highest BCUT2D eigenvalue weighted by Crippen LogP contribution is 2.27. The molecule has 0 aliphatic carbocycles. The summed E-state index contributed by atoms with van der Waals surface area (Å²) in [6.45, 7) is 2.36. The van der Waals surface area contributed by atoms with Gasteiger partial charge in [0.15, 0.2) is 0 Å². The van der Waals surface area contributed by atoms with Crippen molar-refractivity contribution < 1.29 is 9.13 Å². The lowest BCUT2D eigenvalue weighted by molar-refractivity contribution is 0.299. The minimum atomic E-state index is -0.266. The van der Waals surface area contributed by atoms with Crippen LogP contribution in [-0.4, -0.2) is 7.05 Å². The van der Waals surface area contributed by atoms with Crippen LogP contribution in [0.1, 0.15) is 24.1 Å². The third-order valence-electron chi connectivity index (χ3n) is 3.15. The smallest absolute Gasteiger partial charge is 0.124 e. The fraction of sp³-hybridized carbons (Fsp3) is 0.250. The average Bonchev–Trinajstić information content (AvgIpc) is 2.45. The van der Waals surface area contributed by atoms with Gasteiger partial charge in [-0.15, -0.1) is 0 Å². The van der Waals surface area contributed by atoms with E-state index < -0.39 is 0 Å². The Balaban J connectivity index is 2.16. The molecule has 0 heterocycles. The number of halogens is 2. The second kappa shape index (κ2) is 6.73. The standard InChI is InChI=1S/C16H17ClFNO/c1-11(19-2)15-9-14(18)6-7-16(15)20-10-12-4-3-5-13(17)8-12/h3-9,11,19H,10H2,1-2H3. The molecule has 2 aromatic rings. The summed E-state index contributed by atoms with van der Waals surface area (Å²) in [6.07, 6.45) is 0. The maximum absolute atomic E-state index is 13.4. The van der Waals surface area contributed by atoms with Crippen LogP contribution in [-0.2, 0) is 6.61 Å². The van der Waals surface area contributed by atoms with Crippen LogP contribution >= 0.6 is 11.6 Å². The molecule has 4 heteroatoms. The third-order valence-corrected chi connectivity index (χ3v) is 3.39. The van der Waals surface area contributed by atoms with Crippen molar-refractivity contribution in [2.24, 2.45) is 0 Å². The minimum Gasteiger partial charge on any atom is -0.489 e. The van der Waals surface area contributed by atoms with Gasteiger partial charge < -0.3 is 10.1 Å². The summed E-state index contributed by atoms with van der Waals surface area (Å²) in [5, 5.41) is 3.76. The highest BCUT2D eigenvalue weighted by molar-refractivity contribution is 6.30. The van der Waals surface area contributed by atoms with Gasteiger partial charge in [0.25, 0.3) is 0 Å². The molecule has 2 aromatic carbocycles. The van der Waals surface area contributed by atoms with Crippen molar-refractivity contribution in [2.45, 2.75) is 19.6 Å². The first kappa shape index (κ1) is 14.8. The van der Waals surface area contributed by atoms with E-state index in [1.54, 1.807) is 6.07 Å². The van der Waals surface area contributed by atoms with Crippen LogP contribution in [0.4, 0.5) is 4.39 Å². The Morgan fingerprint density at radius 1 is 1.25 bits per heavy atom. The van der Waals surface area contributed by atoms with Crippen molar-refractivity contribution in [1.29, 1.82) is 0 Å². The van der Waals surface area contributed by atoms with Gasteiger partial charge in [-0.2, -0.15) is 0 Å². The van der Waals surface area contributed by atoms with E-state index in [4.69, 9.17) is 16.3 Å². The van der Waals surface area contributed by atoms with E-state index in [1.807, 2.05) is 38.2 Å². The first-order chi connectivity index (χ1) is 9.60. The maximum Gasteiger partial charge on any atom is 0.124 e. The topological polar surface area (TPSA) is 21.3 Å². The molecule has 0 fully saturated rings. The van der Waals surface area contributed by atoms with Crippen molar-refractivity contribution >= 4 is 11.6 Å². The van der Waals surface area contributed by atoms with Gasteiger partial charge in [0.2, 0.25) is 0 Å². The normalized spacial score (nSPS) is 12.2. The van der Waals surface area contributed by atoms with E-state index in [1.165, 1.54) is 12.1 Å². The van der Waals surface area contributed by atoms with E-state index in [0.29, 0.717) is 17.4 Å². The number of hydrogen-bond acceptors (Lipinski definition) is 2. The molecule has 0 aliphatic heterocycles. The van der Waals surface area contributed by atoms with Crippen molar-refractivity contribution in [3.63, 3.8) is 0 Å². The molecule has 0 amide bonds. The Morgan fingerprint density at radius 2 is 2.05 bits per heavy atom. The summed E-state index contributed by atoms with van der Waals surface area (Å²) in [5.41, 5.74) is 1.78. The van der Waals surface area contributed by atoms with Gasteiger partial charge in [0.05, 0.1) is 0 Å². The van der Waals surface area contributed by atoms with Crippen LogP contribution < -0.4 is 10.1 Å². The second-order valence-corrected chi connectivity index (χ2v) is 5.05. The molecule has 0 aromatic heterocycles. The predicted molar refractivity (Wildman–Crippen MR) is 79.7 cm³/mol. The molecule has 2 nitrogen and oxygen atoms in total. The number of rotatable bonds is 5. The number of hydrogen-bond donors (Lipinski definition) is 1. The van der Waals surface area contributed by atoms with Crippen LogP contribution in [0.25, 0.3) is 0 Å². The van der Waals surface area contributed by atoms with Gasteiger partial charge in [0, 0.05) is 16.6 Å². The Bertz CT molecular complexity index is 588. The van der Waals surface area contributed by atoms with E-state index in [-0.39, 0.29) is 11.9 Å². The van der Waals surface area contributed by atoms with Crippen LogP contribution in [0, 0.1) is 5.82 Å². The van der Waals surface area contributed by atoms with Gasteiger partial charge in [-0.05, 0) is 49.9 Å². The second-order valence-electron chi connectivity index (χ2n) is 4.61. The lowest BCUT2D eigenvalue weighted by Crippen LogP contribution is -2.14. The van der Waals surface area contributed by atoms with Gasteiger partial charge in [0.1, 0.15) is 18.2 Å². The lowest BCUT2D eigenvalue weighted by atomic mass is 10.1. The maximum atomic E-state index is 13.4. The summed E-state index contributed by atoms with van der Waals surface area (Å²) in [4.78, 5) is 0. The van der Waals surface area contributed by atoms with Crippen LogP contribution in [0.5, 0.6) is 5.75 Å². The molecule has 0 saturated carbocycles. The largest absolute Gasteiger partial charge is 0.489 e. The zero-order chi connectivity index (χ0) is 14.5. The highest BCUT2D eigenvalue weighted by Gasteiger charge is 2.11. The van der Waals surface area contributed by atoms with E-state index in [2.05, 4.69) is 5.32 Å². The fourth-order valence-corrected chi connectivity index (χ4v) is 2.15. The molecule has 106 valence electrons. The summed E-state index contributed by atoms with van der Waals surface area (Å²) >= 11 is 5.94. The van der Waals surface area contributed by atoms with Gasteiger partial charge in [-0.25, -0.2) is 4.39 Å². The van der Waals surface area contributed by atoms with Crippen molar-refractivity contribution in [2.75, 3.05) is 7.05 Å². The van der Waals surface area contributed by atoms with Crippen LogP contribution in [0.2, 0.25) is 5.02 Å². The molecule has 0 spiro atoms. The van der Waals surface area contributed by atoms with E-state index in [9.17, 15) is 4.39 Å². The lowest BCUT2D eigenvalue weighted by Gasteiger charge is -2.16. The zero-order valence-corrected chi connectivity index (χ0v) is 12.2. The summed E-state index contributed by atoms with van der Waals surface area (Å²) < 4.78 is 19.2. The van der Waals surface area contributed by atoms with Gasteiger partial charge in [-0.1, -0.05) is 23.7 Å². The molecule has 20 heavy (non-hydrogen) atoms. The predicted octanol–water partition coefficient (Wildman–Crippen LogP) is 4.34. The quantitative estimate of drug-likeness (QED) is 0.885. The van der Waals surface area contributed by atoms with Crippen LogP contribution in [0.3, 0.4) is 0 Å². The molecule has 1 N–H and O–H groups in total. The molecule has 1 unspecified atom stereocenters. The first-order valence-electron chi connectivity index (χ1n) is 6.44. The third kappa shape index (κ3) is 3.71. The molecule has 1 atom stereocenters. The molecule has 0 radical (unpaired) electrons. The van der Waals surface area contributed by atoms with E-state index >= 15 is 0 Å². The Morgan fingerprint density at radius 3 is 2.75 bits per heavy atom. The SMILES string of the molecule is CNC(C)c1cc(F)ccc1OCc1cccc(Cl)c1. The van der Waals surface area contributed by atoms with Crippen molar-refractivity contribution in [3.05, 3.63) is 64.4 Å². The van der Waals surface area contributed by atoms with Crippen molar-refractivity contribution in [1.82, 2.24) is 5.32 Å². The molecular formula is C16H17ClFNO. The molecule has 0 saturated heterocycles. The first-order valence-corrected chi connectivity index (χ1v) is 6.82. The van der Waals surface area contributed by atoms with Gasteiger partial charge >= 0.3 is 0 Å². The molecule has 0 bridgehead atoms. The van der Waals surface area contributed by atoms with Crippen LogP contribution in [0.15, 0.2) is 42.5 Å². The number of nitrogens with one attached hydrogen (secondary N) is 1. The molecule has 2 rings (SSSR count). The zero-order valence-electron chi connectivity index (χ0n) is 11.5. The average molecular weight is 294 g/mol. The number of benzene rings is 2. The number of ether oxygens (including phenoxy) is 1. The van der Waals surface area contributed by atoms with Gasteiger partial charge in [-0.3, -0.25) is 0 Å². The molecular weight excluding hydrogens is 277 g/mol. The summed E-state index contributed by atoms with van der Waals surface area (Å²) in [7, 11) is 1.83. The highest BCUT2D eigenvalue weighted by atomic mass is 35.5. The minimum absolute atomic E-state index is 0.0139. The fourth-order valence-electron chi connectivity index (χ4n) is 1.93. The monoisotopic (exact) mass is 293 g/mol. The Kier molecular flexibility index (Phi) is 4.99. The Hall–Kier alpha value is -1.58. The summed E-state index contributed by atoms with van der Waals surface area (Å²) in [6, 6.07) is 12.1. The van der Waals surface area contributed by atoms with Crippen molar-refractivity contribution in [3.8, 4) is 5.75 Å². The summed E-state index contributed by atoms with van der Waals surface area (Å²) in [5.74, 6) is 0.408. The molecule has 0 aliphatic rings.